The minimum Gasteiger partial charge on any atom is -0.505 e. The molecule has 0 heterocycles. The number of carboxylic acid groups (broad SMARTS) is 1. The van der Waals surface area contributed by atoms with Gasteiger partial charge in [0.15, 0.2) is 11.6 Å². The van der Waals surface area contributed by atoms with Gasteiger partial charge in [0.1, 0.15) is 18.0 Å². The Bertz CT molecular complexity index is 699. The van der Waals surface area contributed by atoms with E-state index in [9.17, 15) is 19.4 Å². The number of benzene rings is 2. The number of aromatic hydroxyl groups is 1. The number of aliphatic hydroxyl groups excluding tert-OH is 1. The van der Waals surface area contributed by atoms with Crippen molar-refractivity contribution in [1.82, 2.24) is 0 Å². The van der Waals surface area contributed by atoms with Crippen molar-refractivity contribution in [2.75, 3.05) is 0 Å². The molecular formula is C17H15FO5. The van der Waals surface area contributed by atoms with Crippen LogP contribution in [0.25, 0.3) is 0 Å². The predicted molar refractivity (Wildman–Crippen MR) is 80.7 cm³/mol. The summed E-state index contributed by atoms with van der Waals surface area (Å²) in [5.41, 5.74) is 0.149. The zero-order valence-corrected chi connectivity index (χ0v) is 12.0. The van der Waals surface area contributed by atoms with Gasteiger partial charge in [-0.05, 0) is 35.9 Å². The van der Waals surface area contributed by atoms with Gasteiger partial charge in [0.2, 0.25) is 0 Å². The zero-order valence-electron chi connectivity index (χ0n) is 12.0. The van der Waals surface area contributed by atoms with E-state index in [-0.39, 0.29) is 5.56 Å². The normalized spacial score (nSPS) is 13.7. The molecule has 2 aromatic rings. The summed E-state index contributed by atoms with van der Waals surface area (Å²) in [6.07, 6.45) is -0.350. The van der Waals surface area contributed by atoms with Crippen LogP contribution in [0.5, 0.6) is 11.5 Å². The molecule has 0 radical (unpaired) electrons. The molecule has 2 rings (SSSR count). The molecule has 5 nitrogen and oxygen atoms in total. The highest BCUT2D eigenvalue weighted by atomic mass is 19.1. The standard InChI is InChI=1S/C17H15FO5/c18-13-10-11(6-7-14(13)19)17(22)15(8-9-16(20)21)23-12-4-2-1-3-5-12/h1-10,15,17,19,22H,(H,20,21)/b9-8+/t15-,17-/m1/s1. The molecule has 0 bridgehead atoms. The summed E-state index contributed by atoms with van der Waals surface area (Å²) in [7, 11) is 0. The quantitative estimate of drug-likeness (QED) is 0.713. The molecule has 0 spiro atoms. The summed E-state index contributed by atoms with van der Waals surface area (Å²) in [6, 6.07) is 11.9. The fourth-order valence-electron chi connectivity index (χ4n) is 1.94. The lowest BCUT2D eigenvalue weighted by molar-refractivity contribution is -0.131. The summed E-state index contributed by atoms with van der Waals surface area (Å²) >= 11 is 0. The molecule has 0 aliphatic rings. The van der Waals surface area contributed by atoms with Crippen molar-refractivity contribution in [1.29, 1.82) is 0 Å². The molecule has 0 unspecified atom stereocenters. The third kappa shape index (κ3) is 4.55. The molecule has 0 aliphatic carbocycles. The van der Waals surface area contributed by atoms with Crippen LogP contribution in [-0.2, 0) is 4.79 Å². The number of rotatable bonds is 6. The number of para-hydroxylation sites is 1. The van der Waals surface area contributed by atoms with Gasteiger partial charge in [-0.25, -0.2) is 9.18 Å². The summed E-state index contributed by atoms with van der Waals surface area (Å²) in [4.78, 5) is 10.7. The first-order valence-electron chi connectivity index (χ1n) is 6.76. The first kappa shape index (κ1) is 16.5. The van der Waals surface area contributed by atoms with E-state index in [1.54, 1.807) is 30.3 Å². The largest absolute Gasteiger partial charge is 0.505 e. The average molecular weight is 318 g/mol. The molecule has 120 valence electrons. The van der Waals surface area contributed by atoms with Crippen LogP contribution >= 0.6 is 0 Å². The SMILES string of the molecule is O=C(O)/C=C/[C@@H](Oc1ccccc1)[C@H](O)c1ccc(O)c(F)c1. The van der Waals surface area contributed by atoms with Crippen LogP contribution in [0.1, 0.15) is 11.7 Å². The van der Waals surface area contributed by atoms with Crippen molar-refractivity contribution in [2.45, 2.75) is 12.2 Å². The van der Waals surface area contributed by atoms with Gasteiger partial charge in [0.05, 0.1) is 0 Å². The third-order valence-corrected chi connectivity index (χ3v) is 3.07. The van der Waals surface area contributed by atoms with E-state index >= 15 is 0 Å². The van der Waals surface area contributed by atoms with E-state index in [2.05, 4.69) is 0 Å². The topological polar surface area (TPSA) is 87.0 Å². The molecule has 3 N–H and O–H groups in total. The third-order valence-electron chi connectivity index (χ3n) is 3.07. The van der Waals surface area contributed by atoms with Crippen molar-refractivity contribution in [2.24, 2.45) is 0 Å². The number of phenols is 1. The van der Waals surface area contributed by atoms with Gasteiger partial charge in [-0.3, -0.25) is 0 Å². The molecule has 23 heavy (non-hydrogen) atoms. The molecule has 0 aliphatic heterocycles. The summed E-state index contributed by atoms with van der Waals surface area (Å²) in [5.74, 6) is -2.20. The van der Waals surface area contributed by atoms with Crippen molar-refractivity contribution in [3.8, 4) is 11.5 Å². The molecule has 2 aromatic carbocycles. The maximum atomic E-state index is 13.4. The first-order chi connectivity index (χ1) is 11.0. The second-order valence-corrected chi connectivity index (χ2v) is 4.75. The predicted octanol–water partition coefficient (Wildman–Crippen LogP) is 2.65. The molecule has 2 atom stereocenters. The highest BCUT2D eigenvalue weighted by Crippen LogP contribution is 2.26. The fraction of sp³-hybridized carbons (Fsp3) is 0.118. The number of halogens is 1. The summed E-state index contributed by atoms with van der Waals surface area (Å²) in [6.45, 7) is 0. The fourth-order valence-corrected chi connectivity index (χ4v) is 1.94. The van der Waals surface area contributed by atoms with Gasteiger partial charge in [0, 0.05) is 6.08 Å². The van der Waals surface area contributed by atoms with Gasteiger partial charge in [0.25, 0.3) is 0 Å². The second kappa shape index (κ2) is 7.42. The monoisotopic (exact) mass is 318 g/mol. The lowest BCUT2D eigenvalue weighted by atomic mass is 10.0. The Morgan fingerprint density at radius 2 is 1.87 bits per heavy atom. The number of aliphatic hydroxyl groups is 1. The van der Waals surface area contributed by atoms with Crippen molar-refractivity contribution in [3.63, 3.8) is 0 Å². The number of phenolic OH excluding ortho intramolecular Hbond substituents is 1. The number of aliphatic carboxylic acids is 1. The summed E-state index contributed by atoms with van der Waals surface area (Å²) in [5, 5.41) is 28.3. The van der Waals surface area contributed by atoms with E-state index in [1.807, 2.05) is 0 Å². The lowest BCUT2D eigenvalue weighted by Crippen LogP contribution is -2.23. The van der Waals surface area contributed by atoms with Gasteiger partial charge in [-0.2, -0.15) is 0 Å². The Labute approximate surface area is 131 Å². The number of carbonyl (C=O) groups is 1. The van der Waals surface area contributed by atoms with E-state index in [0.29, 0.717) is 5.75 Å². The van der Waals surface area contributed by atoms with Crippen LogP contribution in [-0.4, -0.2) is 27.4 Å². The van der Waals surface area contributed by atoms with Crippen LogP contribution < -0.4 is 4.74 Å². The second-order valence-electron chi connectivity index (χ2n) is 4.75. The molecule has 0 saturated heterocycles. The average Bonchev–Trinajstić information content (AvgIpc) is 2.54. The van der Waals surface area contributed by atoms with Crippen LogP contribution in [0.4, 0.5) is 4.39 Å². The van der Waals surface area contributed by atoms with Crippen molar-refractivity contribution >= 4 is 5.97 Å². The maximum absolute atomic E-state index is 13.4. The first-order valence-corrected chi connectivity index (χ1v) is 6.76. The molecular weight excluding hydrogens is 303 g/mol. The maximum Gasteiger partial charge on any atom is 0.328 e. The van der Waals surface area contributed by atoms with E-state index in [4.69, 9.17) is 9.84 Å². The van der Waals surface area contributed by atoms with Crippen LogP contribution in [0.3, 0.4) is 0 Å². The minimum absolute atomic E-state index is 0.149. The van der Waals surface area contributed by atoms with E-state index in [0.717, 1.165) is 18.2 Å². The molecule has 0 aromatic heterocycles. The Morgan fingerprint density at radius 3 is 2.48 bits per heavy atom. The Balaban J connectivity index is 2.27. The minimum atomic E-state index is -1.32. The Hall–Kier alpha value is -2.86. The molecule has 6 heteroatoms. The van der Waals surface area contributed by atoms with E-state index < -0.39 is 29.7 Å². The number of carboxylic acids is 1. The van der Waals surface area contributed by atoms with E-state index in [1.165, 1.54) is 12.1 Å². The van der Waals surface area contributed by atoms with Crippen LogP contribution in [0, 0.1) is 5.82 Å². The van der Waals surface area contributed by atoms with Gasteiger partial charge in [-0.15, -0.1) is 0 Å². The lowest BCUT2D eigenvalue weighted by Gasteiger charge is -2.22. The smallest absolute Gasteiger partial charge is 0.328 e. The Kier molecular flexibility index (Phi) is 5.32. The molecule has 0 amide bonds. The number of ether oxygens (including phenoxy) is 1. The van der Waals surface area contributed by atoms with Crippen LogP contribution in [0.2, 0.25) is 0 Å². The van der Waals surface area contributed by atoms with Crippen LogP contribution in [0.15, 0.2) is 60.7 Å². The Morgan fingerprint density at radius 1 is 1.17 bits per heavy atom. The van der Waals surface area contributed by atoms with Gasteiger partial charge < -0.3 is 20.1 Å². The zero-order chi connectivity index (χ0) is 16.8. The number of hydrogen-bond donors (Lipinski definition) is 3. The highest BCUT2D eigenvalue weighted by Gasteiger charge is 2.22. The highest BCUT2D eigenvalue weighted by molar-refractivity contribution is 5.79. The van der Waals surface area contributed by atoms with Crippen molar-refractivity contribution in [3.05, 3.63) is 72.1 Å². The molecule has 0 saturated carbocycles. The van der Waals surface area contributed by atoms with Crippen molar-refractivity contribution < 1.29 is 29.2 Å². The van der Waals surface area contributed by atoms with Gasteiger partial charge in [-0.1, -0.05) is 24.3 Å². The molecule has 0 fully saturated rings. The summed E-state index contributed by atoms with van der Waals surface area (Å²) < 4.78 is 19.0. The van der Waals surface area contributed by atoms with Gasteiger partial charge >= 0.3 is 5.97 Å². The number of hydrogen-bond acceptors (Lipinski definition) is 4.